The first-order valence-electron chi connectivity index (χ1n) is 10.4. The number of allylic oxidation sites excluding steroid dienone is 2. The van der Waals surface area contributed by atoms with E-state index in [4.69, 9.17) is 0 Å². The molecule has 0 N–H and O–H groups in total. The van der Waals surface area contributed by atoms with Gasteiger partial charge < -0.3 is 0 Å². The summed E-state index contributed by atoms with van der Waals surface area (Å²) in [5, 5.41) is 0. The second-order valence-electron chi connectivity index (χ2n) is 6.85. The minimum absolute atomic E-state index is 1.11. The topological polar surface area (TPSA) is 0 Å². The van der Waals surface area contributed by atoms with Gasteiger partial charge in [-0.3, -0.25) is 0 Å². The van der Waals surface area contributed by atoms with Crippen LogP contribution < -0.4 is 0 Å². The molecule has 0 saturated carbocycles. The van der Waals surface area contributed by atoms with E-state index in [9.17, 15) is 0 Å². The molecule has 0 fully saturated rings. The summed E-state index contributed by atoms with van der Waals surface area (Å²) in [5.41, 5.74) is 0. The quantitative estimate of drug-likeness (QED) is 0.176. The molecule has 0 spiro atoms. The van der Waals surface area contributed by atoms with Crippen LogP contribution in [0.3, 0.4) is 0 Å². The molecule has 0 aromatic heterocycles. The smallest absolute Gasteiger partial charge is 0.0351 e. The van der Waals surface area contributed by atoms with E-state index in [0.717, 1.165) is 6.42 Å². The molecule has 0 nitrogen and oxygen atoms in total. The highest BCUT2D eigenvalue weighted by Crippen LogP contribution is 2.11. The van der Waals surface area contributed by atoms with E-state index in [1.807, 2.05) is 0 Å². The summed E-state index contributed by atoms with van der Waals surface area (Å²) in [5.74, 6) is 0. The SMILES string of the molecule is [CH2]CCCCCCCCC/C=C/CCCCCCCCCC. The number of hydrogen-bond donors (Lipinski definition) is 0. The van der Waals surface area contributed by atoms with Crippen molar-refractivity contribution in [1.29, 1.82) is 0 Å². The zero-order valence-electron chi connectivity index (χ0n) is 15.6. The highest BCUT2D eigenvalue weighted by molar-refractivity contribution is 4.81. The molecular formula is C22H43. The van der Waals surface area contributed by atoms with Crippen LogP contribution in [-0.2, 0) is 0 Å². The molecular weight excluding hydrogens is 264 g/mol. The number of hydrogen-bond acceptors (Lipinski definition) is 0. The van der Waals surface area contributed by atoms with Gasteiger partial charge in [-0.1, -0.05) is 116 Å². The molecule has 0 atom stereocenters. The van der Waals surface area contributed by atoms with E-state index in [2.05, 4.69) is 26.0 Å². The molecule has 0 aliphatic rings. The summed E-state index contributed by atoms with van der Waals surface area (Å²) < 4.78 is 0. The molecule has 0 heterocycles. The van der Waals surface area contributed by atoms with Crippen molar-refractivity contribution in [3.63, 3.8) is 0 Å². The van der Waals surface area contributed by atoms with Gasteiger partial charge in [0.05, 0.1) is 0 Å². The highest BCUT2D eigenvalue weighted by atomic mass is 14.0. The lowest BCUT2D eigenvalue weighted by atomic mass is 10.1. The second-order valence-corrected chi connectivity index (χ2v) is 6.85. The molecule has 0 saturated heterocycles. The van der Waals surface area contributed by atoms with Crippen LogP contribution in [0.1, 0.15) is 122 Å². The van der Waals surface area contributed by atoms with Gasteiger partial charge in [-0.2, -0.15) is 0 Å². The Bertz CT molecular complexity index is 182. The summed E-state index contributed by atoms with van der Waals surface area (Å²) in [4.78, 5) is 0. The summed E-state index contributed by atoms with van der Waals surface area (Å²) in [6.07, 6.45) is 29.8. The lowest BCUT2D eigenvalue weighted by Gasteiger charge is -2.00. The van der Waals surface area contributed by atoms with Crippen LogP contribution in [0.5, 0.6) is 0 Å². The third-order valence-corrected chi connectivity index (χ3v) is 4.51. The van der Waals surface area contributed by atoms with Crippen LogP contribution >= 0.6 is 0 Å². The maximum absolute atomic E-state index is 3.89. The fourth-order valence-electron chi connectivity index (χ4n) is 2.95. The Morgan fingerprint density at radius 3 is 1.27 bits per heavy atom. The van der Waals surface area contributed by atoms with Crippen molar-refractivity contribution in [2.45, 2.75) is 122 Å². The minimum Gasteiger partial charge on any atom is -0.0885 e. The van der Waals surface area contributed by atoms with Gasteiger partial charge in [-0.05, 0) is 25.7 Å². The first-order valence-corrected chi connectivity index (χ1v) is 10.4. The zero-order valence-corrected chi connectivity index (χ0v) is 15.6. The van der Waals surface area contributed by atoms with Crippen molar-refractivity contribution in [1.82, 2.24) is 0 Å². The van der Waals surface area contributed by atoms with Gasteiger partial charge in [0.15, 0.2) is 0 Å². The van der Waals surface area contributed by atoms with Crippen molar-refractivity contribution in [2.75, 3.05) is 0 Å². The van der Waals surface area contributed by atoms with Crippen LogP contribution in [-0.4, -0.2) is 0 Å². The highest BCUT2D eigenvalue weighted by Gasteiger charge is 1.91. The standard InChI is InChI=1S/C22H43/c1-3-5-7-9-11-13-15-17-19-21-22-20-18-16-14-12-10-8-6-4-2/h21-22H,1,3-20H2,2H3/b22-21+. The van der Waals surface area contributed by atoms with Crippen LogP contribution in [0.2, 0.25) is 0 Å². The Kier molecular flexibility index (Phi) is 20.5. The Hall–Kier alpha value is -0.260. The number of rotatable bonds is 18. The average molecular weight is 308 g/mol. The average Bonchev–Trinajstić information content (AvgIpc) is 2.54. The van der Waals surface area contributed by atoms with Gasteiger partial charge in [0.25, 0.3) is 0 Å². The van der Waals surface area contributed by atoms with E-state index in [0.29, 0.717) is 0 Å². The summed E-state index contributed by atoms with van der Waals surface area (Å²) in [6.45, 7) is 6.18. The van der Waals surface area contributed by atoms with Crippen LogP contribution in [0, 0.1) is 6.92 Å². The molecule has 0 bridgehead atoms. The molecule has 0 amide bonds. The molecule has 0 aromatic rings. The van der Waals surface area contributed by atoms with Gasteiger partial charge in [-0.25, -0.2) is 0 Å². The summed E-state index contributed by atoms with van der Waals surface area (Å²) >= 11 is 0. The lowest BCUT2D eigenvalue weighted by Crippen LogP contribution is -1.81. The minimum atomic E-state index is 1.11. The van der Waals surface area contributed by atoms with Crippen molar-refractivity contribution in [2.24, 2.45) is 0 Å². The van der Waals surface area contributed by atoms with Crippen LogP contribution in [0.15, 0.2) is 12.2 Å². The van der Waals surface area contributed by atoms with Crippen LogP contribution in [0.4, 0.5) is 0 Å². The first kappa shape index (κ1) is 21.7. The van der Waals surface area contributed by atoms with Gasteiger partial charge in [0.1, 0.15) is 0 Å². The molecule has 0 rings (SSSR count). The Labute approximate surface area is 142 Å². The van der Waals surface area contributed by atoms with E-state index in [1.165, 1.54) is 109 Å². The van der Waals surface area contributed by atoms with Crippen LogP contribution in [0.25, 0.3) is 0 Å². The van der Waals surface area contributed by atoms with Crippen molar-refractivity contribution in [3.05, 3.63) is 19.1 Å². The lowest BCUT2D eigenvalue weighted by molar-refractivity contribution is 0.576. The Balaban J connectivity index is 3.03. The molecule has 0 aliphatic heterocycles. The van der Waals surface area contributed by atoms with E-state index < -0.39 is 0 Å². The van der Waals surface area contributed by atoms with Crippen molar-refractivity contribution in [3.8, 4) is 0 Å². The molecule has 0 unspecified atom stereocenters. The van der Waals surface area contributed by atoms with Gasteiger partial charge in [0, 0.05) is 0 Å². The fraction of sp³-hybridized carbons (Fsp3) is 0.864. The molecule has 0 heteroatoms. The summed E-state index contributed by atoms with van der Waals surface area (Å²) in [7, 11) is 0. The zero-order chi connectivity index (χ0) is 16.1. The van der Waals surface area contributed by atoms with Gasteiger partial charge in [0.2, 0.25) is 0 Å². The van der Waals surface area contributed by atoms with E-state index in [1.54, 1.807) is 0 Å². The van der Waals surface area contributed by atoms with Crippen molar-refractivity contribution < 1.29 is 0 Å². The molecule has 22 heavy (non-hydrogen) atoms. The van der Waals surface area contributed by atoms with Gasteiger partial charge >= 0.3 is 0 Å². The fourth-order valence-corrected chi connectivity index (χ4v) is 2.95. The van der Waals surface area contributed by atoms with E-state index >= 15 is 0 Å². The molecule has 131 valence electrons. The third-order valence-electron chi connectivity index (χ3n) is 4.51. The summed E-state index contributed by atoms with van der Waals surface area (Å²) in [6, 6.07) is 0. The number of unbranched alkanes of at least 4 members (excludes halogenated alkanes) is 16. The monoisotopic (exact) mass is 307 g/mol. The largest absolute Gasteiger partial charge is 0.0885 e. The molecule has 1 radical (unpaired) electrons. The third kappa shape index (κ3) is 19.7. The van der Waals surface area contributed by atoms with Crippen molar-refractivity contribution >= 4 is 0 Å². The van der Waals surface area contributed by atoms with Gasteiger partial charge in [-0.15, -0.1) is 0 Å². The molecule has 0 aliphatic carbocycles. The maximum Gasteiger partial charge on any atom is -0.0351 e. The Morgan fingerprint density at radius 2 is 0.864 bits per heavy atom. The Morgan fingerprint density at radius 1 is 0.500 bits per heavy atom. The first-order chi connectivity index (χ1) is 10.9. The normalized spacial score (nSPS) is 11.5. The maximum atomic E-state index is 3.89. The molecule has 0 aromatic carbocycles. The predicted molar refractivity (Wildman–Crippen MR) is 103 cm³/mol. The van der Waals surface area contributed by atoms with E-state index in [-0.39, 0.29) is 0 Å². The second kappa shape index (κ2) is 20.7. The predicted octanol–water partition coefficient (Wildman–Crippen LogP) is 8.42.